The SMILES string of the molecule is COc1ccccc1N1CCN(C(=O)Cc2c[nH]c(=O)n(C)c2=O)C(C)C1. The molecule has 0 radical (unpaired) electrons. The lowest BCUT2D eigenvalue weighted by Gasteiger charge is -2.41. The van der Waals surface area contributed by atoms with Crippen molar-refractivity contribution < 1.29 is 9.53 Å². The first-order valence-corrected chi connectivity index (χ1v) is 8.87. The van der Waals surface area contributed by atoms with Crippen molar-refractivity contribution in [3.63, 3.8) is 0 Å². The number of ether oxygens (including phenoxy) is 1. The van der Waals surface area contributed by atoms with Crippen molar-refractivity contribution in [1.29, 1.82) is 0 Å². The predicted octanol–water partition coefficient (Wildman–Crippen LogP) is 0.362. The molecule has 1 amide bonds. The Morgan fingerprint density at radius 1 is 1.26 bits per heavy atom. The molecule has 1 aromatic carbocycles. The van der Waals surface area contributed by atoms with Gasteiger partial charge < -0.3 is 19.5 Å². The Bertz CT molecular complexity index is 949. The molecule has 2 aromatic rings. The van der Waals surface area contributed by atoms with Gasteiger partial charge >= 0.3 is 5.69 Å². The second kappa shape index (κ2) is 7.69. The molecule has 8 nitrogen and oxygen atoms in total. The van der Waals surface area contributed by atoms with Gasteiger partial charge in [0.2, 0.25) is 5.91 Å². The molecule has 0 saturated carbocycles. The molecule has 1 fully saturated rings. The lowest BCUT2D eigenvalue weighted by atomic mass is 10.1. The minimum Gasteiger partial charge on any atom is -0.495 e. The predicted molar refractivity (Wildman–Crippen MR) is 102 cm³/mol. The summed E-state index contributed by atoms with van der Waals surface area (Å²) >= 11 is 0. The van der Waals surface area contributed by atoms with E-state index in [1.165, 1.54) is 13.2 Å². The van der Waals surface area contributed by atoms with E-state index in [2.05, 4.69) is 9.88 Å². The number of carbonyl (C=O) groups excluding carboxylic acids is 1. The highest BCUT2D eigenvalue weighted by molar-refractivity contribution is 5.79. The maximum atomic E-state index is 12.7. The third-order valence-corrected chi connectivity index (χ3v) is 4.97. The topological polar surface area (TPSA) is 87.6 Å². The van der Waals surface area contributed by atoms with Crippen molar-refractivity contribution in [2.24, 2.45) is 7.05 Å². The molecule has 27 heavy (non-hydrogen) atoms. The fraction of sp³-hybridized carbons (Fsp3) is 0.421. The fourth-order valence-corrected chi connectivity index (χ4v) is 3.44. The Morgan fingerprint density at radius 2 is 2.00 bits per heavy atom. The van der Waals surface area contributed by atoms with Crippen LogP contribution in [0.4, 0.5) is 5.69 Å². The largest absolute Gasteiger partial charge is 0.495 e. The fourth-order valence-electron chi connectivity index (χ4n) is 3.44. The van der Waals surface area contributed by atoms with E-state index >= 15 is 0 Å². The summed E-state index contributed by atoms with van der Waals surface area (Å²) in [6, 6.07) is 7.81. The first kappa shape index (κ1) is 18.8. The van der Waals surface area contributed by atoms with Crippen molar-refractivity contribution in [3.8, 4) is 5.75 Å². The molecule has 2 heterocycles. The van der Waals surface area contributed by atoms with E-state index in [9.17, 15) is 14.4 Å². The van der Waals surface area contributed by atoms with Crippen LogP contribution in [0, 0.1) is 0 Å². The number of para-hydroxylation sites is 2. The summed E-state index contributed by atoms with van der Waals surface area (Å²) in [5, 5.41) is 0. The molecular formula is C19H24N4O4. The molecule has 3 rings (SSSR count). The summed E-state index contributed by atoms with van der Waals surface area (Å²) < 4.78 is 6.41. The summed E-state index contributed by atoms with van der Waals surface area (Å²) in [5.74, 6) is 0.688. The molecule has 1 unspecified atom stereocenters. The van der Waals surface area contributed by atoms with Gasteiger partial charge in [-0.3, -0.25) is 14.2 Å². The number of nitrogens with zero attached hydrogens (tertiary/aromatic N) is 3. The lowest BCUT2D eigenvalue weighted by Crippen LogP contribution is -2.54. The molecule has 0 spiro atoms. The molecule has 1 saturated heterocycles. The Labute approximate surface area is 157 Å². The molecule has 1 N–H and O–H groups in total. The van der Waals surface area contributed by atoms with Gasteiger partial charge in [-0.1, -0.05) is 12.1 Å². The maximum Gasteiger partial charge on any atom is 0.328 e. The molecule has 1 atom stereocenters. The molecule has 8 heteroatoms. The summed E-state index contributed by atoms with van der Waals surface area (Å²) in [7, 11) is 3.04. The first-order valence-electron chi connectivity index (χ1n) is 8.87. The van der Waals surface area contributed by atoms with Gasteiger partial charge in [0, 0.05) is 44.5 Å². The maximum absolute atomic E-state index is 12.7. The summed E-state index contributed by atoms with van der Waals surface area (Å²) in [6.07, 6.45) is 1.31. The molecule has 144 valence electrons. The highest BCUT2D eigenvalue weighted by Gasteiger charge is 2.29. The van der Waals surface area contributed by atoms with Crippen LogP contribution in [0.25, 0.3) is 0 Å². The van der Waals surface area contributed by atoms with Crippen molar-refractivity contribution in [1.82, 2.24) is 14.5 Å². The standard InChI is InChI=1S/C19H24N4O4/c1-13-12-22(15-6-4-5-7-16(15)27-3)8-9-23(13)17(24)10-14-11-20-19(26)21(2)18(14)25/h4-7,11,13H,8-10,12H2,1-3H3,(H,20,26). The average molecular weight is 372 g/mol. The van der Waals surface area contributed by atoms with Gasteiger partial charge in [-0.05, 0) is 19.1 Å². The Morgan fingerprint density at radius 3 is 2.70 bits per heavy atom. The number of benzene rings is 1. The van der Waals surface area contributed by atoms with Gasteiger partial charge in [0.1, 0.15) is 5.75 Å². The van der Waals surface area contributed by atoms with Gasteiger partial charge in [-0.2, -0.15) is 0 Å². The highest BCUT2D eigenvalue weighted by Crippen LogP contribution is 2.29. The van der Waals surface area contributed by atoms with Gasteiger partial charge in [-0.15, -0.1) is 0 Å². The smallest absolute Gasteiger partial charge is 0.328 e. The summed E-state index contributed by atoms with van der Waals surface area (Å²) in [5.41, 5.74) is 0.373. The molecule has 0 aliphatic carbocycles. The van der Waals surface area contributed by atoms with E-state index < -0.39 is 11.2 Å². The van der Waals surface area contributed by atoms with Gasteiger partial charge in [0.25, 0.3) is 5.56 Å². The first-order chi connectivity index (χ1) is 12.9. The minimum absolute atomic E-state index is 0.0113. The van der Waals surface area contributed by atoms with Crippen LogP contribution in [0.15, 0.2) is 40.1 Å². The van der Waals surface area contributed by atoms with E-state index in [-0.39, 0.29) is 18.4 Å². The van der Waals surface area contributed by atoms with E-state index in [1.807, 2.05) is 31.2 Å². The van der Waals surface area contributed by atoms with Gasteiger partial charge in [0.05, 0.1) is 19.2 Å². The second-order valence-electron chi connectivity index (χ2n) is 6.71. The number of piperazine rings is 1. The Hall–Kier alpha value is -3.03. The number of aromatic amines is 1. The average Bonchev–Trinajstić information content (AvgIpc) is 2.68. The summed E-state index contributed by atoms with van der Waals surface area (Å²) in [6.45, 7) is 3.90. The number of rotatable bonds is 4. The Kier molecular flexibility index (Phi) is 5.34. The molecule has 0 bridgehead atoms. The number of aromatic nitrogens is 2. The zero-order valence-electron chi connectivity index (χ0n) is 15.8. The minimum atomic E-state index is -0.491. The number of anilines is 1. The molecular weight excluding hydrogens is 348 g/mol. The number of amides is 1. The monoisotopic (exact) mass is 372 g/mol. The number of methoxy groups -OCH3 is 1. The van der Waals surface area contributed by atoms with Crippen LogP contribution in [0.3, 0.4) is 0 Å². The zero-order valence-corrected chi connectivity index (χ0v) is 15.8. The highest BCUT2D eigenvalue weighted by atomic mass is 16.5. The van der Waals surface area contributed by atoms with Crippen LogP contribution in [0.1, 0.15) is 12.5 Å². The van der Waals surface area contributed by atoms with E-state index in [0.29, 0.717) is 25.2 Å². The Balaban J connectivity index is 1.71. The number of hydrogen-bond acceptors (Lipinski definition) is 5. The van der Waals surface area contributed by atoms with Crippen LogP contribution in [-0.4, -0.2) is 53.1 Å². The van der Waals surface area contributed by atoms with Crippen LogP contribution < -0.4 is 20.9 Å². The van der Waals surface area contributed by atoms with E-state index in [0.717, 1.165) is 16.0 Å². The van der Waals surface area contributed by atoms with Gasteiger partial charge in [0.15, 0.2) is 0 Å². The number of H-pyrrole nitrogens is 1. The quantitative estimate of drug-likeness (QED) is 0.837. The number of carbonyl (C=O) groups is 1. The van der Waals surface area contributed by atoms with Crippen molar-refractivity contribution >= 4 is 11.6 Å². The third-order valence-electron chi connectivity index (χ3n) is 4.97. The third kappa shape index (κ3) is 3.74. The normalized spacial score (nSPS) is 17.1. The van der Waals surface area contributed by atoms with Gasteiger partial charge in [-0.25, -0.2) is 4.79 Å². The van der Waals surface area contributed by atoms with Crippen LogP contribution in [0.2, 0.25) is 0 Å². The van der Waals surface area contributed by atoms with Crippen LogP contribution >= 0.6 is 0 Å². The van der Waals surface area contributed by atoms with E-state index in [1.54, 1.807) is 12.0 Å². The van der Waals surface area contributed by atoms with Crippen LogP contribution in [-0.2, 0) is 18.3 Å². The molecule has 1 aliphatic rings. The van der Waals surface area contributed by atoms with Crippen molar-refractivity contribution in [2.75, 3.05) is 31.6 Å². The van der Waals surface area contributed by atoms with Crippen molar-refractivity contribution in [3.05, 3.63) is 56.9 Å². The molecule has 1 aromatic heterocycles. The van der Waals surface area contributed by atoms with Crippen molar-refractivity contribution in [2.45, 2.75) is 19.4 Å². The summed E-state index contributed by atoms with van der Waals surface area (Å²) in [4.78, 5) is 42.8. The van der Waals surface area contributed by atoms with Crippen LogP contribution in [0.5, 0.6) is 5.75 Å². The second-order valence-corrected chi connectivity index (χ2v) is 6.71. The lowest BCUT2D eigenvalue weighted by molar-refractivity contribution is -0.132. The van der Waals surface area contributed by atoms with E-state index in [4.69, 9.17) is 4.74 Å². The molecule has 1 aliphatic heterocycles. The zero-order chi connectivity index (χ0) is 19.6. The number of hydrogen-bond donors (Lipinski definition) is 1. The number of nitrogens with one attached hydrogen (secondary N) is 1.